The monoisotopic (exact) mass is 354 g/mol. The summed E-state index contributed by atoms with van der Waals surface area (Å²) < 4.78 is 5.26. The molecule has 2 atom stereocenters. The van der Waals surface area contributed by atoms with Crippen LogP contribution in [0.2, 0.25) is 0 Å². The van der Waals surface area contributed by atoms with Crippen LogP contribution in [0.15, 0.2) is 60.7 Å². The van der Waals surface area contributed by atoms with Gasteiger partial charge in [0.15, 0.2) is 6.10 Å². The van der Waals surface area contributed by atoms with Gasteiger partial charge in [0.05, 0.1) is 5.92 Å². The molecule has 2 N–H and O–H groups in total. The molecule has 0 heterocycles. The molecule has 0 radical (unpaired) electrons. The maximum Gasteiger partial charge on any atom is 0.314 e. The first-order chi connectivity index (χ1) is 12.5. The van der Waals surface area contributed by atoms with Gasteiger partial charge in [0.2, 0.25) is 0 Å². The molecule has 6 heteroatoms. The van der Waals surface area contributed by atoms with Crippen molar-refractivity contribution < 1.29 is 19.1 Å². The Morgan fingerprint density at radius 3 is 2.08 bits per heavy atom. The number of hydrogen-bond donors (Lipinski definition) is 2. The quantitative estimate of drug-likeness (QED) is 0.617. The maximum atomic E-state index is 12.4. The number of amides is 2. The zero-order valence-corrected chi connectivity index (χ0v) is 14.8. The fraction of sp³-hybridized carbons (Fsp3) is 0.250. The smallest absolute Gasteiger partial charge is 0.314 e. The van der Waals surface area contributed by atoms with Gasteiger partial charge in [-0.2, -0.15) is 0 Å². The average molecular weight is 354 g/mol. The second-order valence-corrected chi connectivity index (χ2v) is 5.76. The lowest BCUT2D eigenvalue weighted by molar-refractivity contribution is -0.156. The van der Waals surface area contributed by atoms with Gasteiger partial charge in [0.1, 0.15) is 0 Å². The fourth-order valence-electron chi connectivity index (χ4n) is 2.42. The topological polar surface area (TPSA) is 84.5 Å². The molecule has 0 fully saturated rings. The fourth-order valence-corrected chi connectivity index (χ4v) is 2.42. The molecule has 0 spiro atoms. The minimum atomic E-state index is -1.03. The lowest BCUT2D eigenvalue weighted by Gasteiger charge is -2.18. The number of carbonyl (C=O) groups excluding carboxylic acids is 3. The van der Waals surface area contributed by atoms with E-state index in [-0.39, 0.29) is 0 Å². The summed E-state index contributed by atoms with van der Waals surface area (Å²) in [4.78, 5) is 36.3. The zero-order valence-electron chi connectivity index (χ0n) is 14.8. The van der Waals surface area contributed by atoms with Crippen LogP contribution in [-0.2, 0) is 14.3 Å². The standard InChI is InChI=1S/C20H22N2O4/c1-3-17(15-10-6-4-7-11-15)20(25)26-14(2)18(23)21-22-19(24)16-12-8-5-9-13-16/h4-14,17H,3H2,1-2H3,(H,21,23)(H,22,24)/t14-,17-/m1/s1. The molecule has 0 aliphatic rings. The highest BCUT2D eigenvalue weighted by molar-refractivity contribution is 5.95. The van der Waals surface area contributed by atoms with Crippen LogP contribution in [0.5, 0.6) is 0 Å². The lowest BCUT2D eigenvalue weighted by Crippen LogP contribution is -2.47. The van der Waals surface area contributed by atoms with Crippen LogP contribution in [0.4, 0.5) is 0 Å². The first-order valence-corrected chi connectivity index (χ1v) is 8.43. The Hall–Kier alpha value is -3.15. The molecule has 26 heavy (non-hydrogen) atoms. The largest absolute Gasteiger partial charge is 0.452 e. The van der Waals surface area contributed by atoms with Gasteiger partial charge in [-0.15, -0.1) is 0 Å². The van der Waals surface area contributed by atoms with E-state index < -0.39 is 29.8 Å². The number of carbonyl (C=O) groups is 3. The third kappa shape index (κ3) is 5.17. The molecule has 6 nitrogen and oxygen atoms in total. The predicted octanol–water partition coefficient (Wildman–Crippen LogP) is 2.57. The third-order valence-electron chi connectivity index (χ3n) is 3.89. The van der Waals surface area contributed by atoms with Gasteiger partial charge < -0.3 is 4.74 Å². The summed E-state index contributed by atoms with van der Waals surface area (Å²) in [6, 6.07) is 17.7. The van der Waals surface area contributed by atoms with Crippen LogP contribution in [0, 0.1) is 0 Å². The third-order valence-corrected chi connectivity index (χ3v) is 3.89. The molecule has 2 amide bonds. The predicted molar refractivity (Wildman–Crippen MR) is 97.1 cm³/mol. The van der Waals surface area contributed by atoms with E-state index in [4.69, 9.17) is 4.74 Å². The van der Waals surface area contributed by atoms with E-state index in [2.05, 4.69) is 10.9 Å². The zero-order chi connectivity index (χ0) is 18.9. The number of hydrogen-bond acceptors (Lipinski definition) is 4. The molecule has 2 aromatic carbocycles. The van der Waals surface area contributed by atoms with E-state index in [1.165, 1.54) is 6.92 Å². The molecule has 0 saturated carbocycles. The molecule has 0 aliphatic heterocycles. The molecule has 2 rings (SSSR count). The summed E-state index contributed by atoms with van der Waals surface area (Å²) in [6.45, 7) is 3.34. The van der Waals surface area contributed by atoms with Crippen LogP contribution in [0.25, 0.3) is 0 Å². The van der Waals surface area contributed by atoms with Gasteiger partial charge in [-0.25, -0.2) is 0 Å². The first-order valence-electron chi connectivity index (χ1n) is 8.43. The number of ether oxygens (including phenoxy) is 1. The molecule has 0 unspecified atom stereocenters. The summed E-state index contributed by atoms with van der Waals surface area (Å²) in [5.41, 5.74) is 5.81. The molecule has 0 bridgehead atoms. The summed E-state index contributed by atoms with van der Waals surface area (Å²) >= 11 is 0. The Balaban J connectivity index is 1.87. The van der Waals surface area contributed by atoms with Gasteiger partial charge in [-0.1, -0.05) is 55.5 Å². The highest BCUT2D eigenvalue weighted by Gasteiger charge is 2.25. The Labute approximate surface area is 152 Å². The number of hydrazine groups is 1. The number of esters is 1. The van der Waals surface area contributed by atoms with Gasteiger partial charge >= 0.3 is 5.97 Å². The van der Waals surface area contributed by atoms with Crippen molar-refractivity contribution in [1.29, 1.82) is 0 Å². The van der Waals surface area contributed by atoms with E-state index in [0.29, 0.717) is 12.0 Å². The molecule has 2 aromatic rings. The minimum Gasteiger partial charge on any atom is -0.452 e. The average Bonchev–Trinajstić information content (AvgIpc) is 2.67. The molecule has 0 aromatic heterocycles. The van der Waals surface area contributed by atoms with Crippen molar-refractivity contribution in [3.05, 3.63) is 71.8 Å². The van der Waals surface area contributed by atoms with Crippen molar-refractivity contribution in [2.45, 2.75) is 32.3 Å². The second kappa shape index (κ2) is 9.36. The van der Waals surface area contributed by atoms with Crippen LogP contribution in [-0.4, -0.2) is 23.9 Å². The summed E-state index contributed by atoms with van der Waals surface area (Å²) in [5.74, 6) is -1.97. The normalized spacial score (nSPS) is 12.5. The highest BCUT2D eigenvalue weighted by Crippen LogP contribution is 2.21. The maximum absolute atomic E-state index is 12.4. The molecular weight excluding hydrogens is 332 g/mol. The van der Waals surface area contributed by atoms with Gasteiger partial charge in [0, 0.05) is 5.56 Å². The van der Waals surface area contributed by atoms with Crippen LogP contribution in [0.3, 0.4) is 0 Å². The van der Waals surface area contributed by atoms with Crippen LogP contribution < -0.4 is 10.9 Å². The summed E-state index contributed by atoms with van der Waals surface area (Å²) in [6.07, 6.45) is -0.474. The Morgan fingerprint density at radius 1 is 0.923 bits per heavy atom. The molecule has 0 aliphatic carbocycles. The van der Waals surface area contributed by atoms with Gasteiger partial charge in [0.25, 0.3) is 11.8 Å². The van der Waals surface area contributed by atoms with E-state index in [9.17, 15) is 14.4 Å². The summed E-state index contributed by atoms with van der Waals surface area (Å²) in [7, 11) is 0. The SMILES string of the molecule is CC[C@@H](C(=O)O[C@H](C)C(=O)NNC(=O)c1ccccc1)c1ccccc1. The first kappa shape index (κ1) is 19.2. The van der Waals surface area contributed by atoms with Crippen molar-refractivity contribution in [2.24, 2.45) is 0 Å². The van der Waals surface area contributed by atoms with E-state index in [1.54, 1.807) is 30.3 Å². The Bertz CT molecular complexity index is 747. The number of rotatable bonds is 6. The number of benzene rings is 2. The van der Waals surface area contributed by atoms with Crippen LogP contribution >= 0.6 is 0 Å². The van der Waals surface area contributed by atoms with Crippen molar-refractivity contribution in [3.63, 3.8) is 0 Å². The highest BCUT2D eigenvalue weighted by atomic mass is 16.5. The second-order valence-electron chi connectivity index (χ2n) is 5.76. The Kier molecular flexibility index (Phi) is 6.91. The van der Waals surface area contributed by atoms with Gasteiger partial charge in [-0.05, 0) is 31.0 Å². The molecule has 136 valence electrons. The van der Waals surface area contributed by atoms with Gasteiger partial charge in [-0.3, -0.25) is 25.2 Å². The minimum absolute atomic E-state index is 0.410. The van der Waals surface area contributed by atoms with Crippen molar-refractivity contribution >= 4 is 17.8 Å². The van der Waals surface area contributed by atoms with Crippen molar-refractivity contribution in [3.8, 4) is 0 Å². The van der Waals surface area contributed by atoms with E-state index in [0.717, 1.165) is 5.56 Å². The lowest BCUT2D eigenvalue weighted by atomic mass is 9.97. The summed E-state index contributed by atoms with van der Waals surface area (Å²) in [5, 5.41) is 0. The Morgan fingerprint density at radius 2 is 1.50 bits per heavy atom. The van der Waals surface area contributed by atoms with Crippen molar-refractivity contribution in [1.82, 2.24) is 10.9 Å². The van der Waals surface area contributed by atoms with E-state index in [1.807, 2.05) is 37.3 Å². The van der Waals surface area contributed by atoms with E-state index >= 15 is 0 Å². The molecular formula is C20H22N2O4. The van der Waals surface area contributed by atoms with Crippen molar-refractivity contribution in [2.75, 3.05) is 0 Å². The number of nitrogens with one attached hydrogen (secondary N) is 2. The van der Waals surface area contributed by atoms with Crippen LogP contribution in [0.1, 0.15) is 42.1 Å². The molecule has 0 saturated heterocycles.